The van der Waals surface area contributed by atoms with E-state index in [-0.39, 0.29) is 24.3 Å². The van der Waals surface area contributed by atoms with Crippen LogP contribution in [-0.2, 0) is 4.74 Å². The first-order valence-electron chi connectivity index (χ1n) is 9.98. The number of ether oxygens (including phenoxy) is 1. The molecule has 2 amide bonds. The van der Waals surface area contributed by atoms with Gasteiger partial charge in [0.25, 0.3) is 0 Å². The second kappa shape index (κ2) is 8.52. The number of aliphatic hydroxyl groups is 1. The third-order valence-electron chi connectivity index (χ3n) is 6.14. The molecule has 1 saturated heterocycles. The number of hydrogen-bond acceptors (Lipinski definition) is 3. The Balaban J connectivity index is 1.58. The van der Waals surface area contributed by atoms with Crippen molar-refractivity contribution in [1.29, 1.82) is 0 Å². The van der Waals surface area contributed by atoms with Crippen LogP contribution in [0.4, 0.5) is 4.79 Å². The molecule has 5 nitrogen and oxygen atoms in total. The van der Waals surface area contributed by atoms with Gasteiger partial charge in [-0.15, -0.1) is 0 Å². The van der Waals surface area contributed by atoms with Crippen molar-refractivity contribution in [2.24, 2.45) is 5.92 Å². The summed E-state index contributed by atoms with van der Waals surface area (Å²) in [6.45, 7) is 3.89. The number of rotatable bonds is 4. The lowest BCUT2D eigenvalue weighted by Crippen LogP contribution is -2.53. The first-order chi connectivity index (χ1) is 11.6. The van der Waals surface area contributed by atoms with Crippen LogP contribution in [0, 0.1) is 5.92 Å². The highest BCUT2D eigenvalue weighted by Gasteiger charge is 2.32. The molecule has 2 saturated carbocycles. The molecule has 1 atom stereocenters. The summed E-state index contributed by atoms with van der Waals surface area (Å²) in [5, 5.41) is 12.9. The molecule has 0 aromatic carbocycles. The number of aliphatic hydroxyl groups excluding tert-OH is 1. The molecule has 24 heavy (non-hydrogen) atoms. The third kappa shape index (κ3) is 4.85. The highest BCUT2D eigenvalue weighted by molar-refractivity contribution is 5.75. The number of amides is 2. The molecule has 1 unspecified atom stereocenters. The first kappa shape index (κ1) is 18.0. The van der Waals surface area contributed by atoms with E-state index in [9.17, 15) is 9.90 Å². The van der Waals surface area contributed by atoms with E-state index in [1.54, 1.807) is 0 Å². The average Bonchev–Trinajstić information content (AvgIpc) is 3.09. The van der Waals surface area contributed by atoms with Crippen LogP contribution in [0.1, 0.15) is 71.1 Å². The van der Waals surface area contributed by atoms with Crippen molar-refractivity contribution in [1.82, 2.24) is 10.2 Å². The van der Waals surface area contributed by atoms with Crippen molar-refractivity contribution >= 4 is 6.03 Å². The number of carbonyl (C=O) groups excluding carboxylic acids is 1. The van der Waals surface area contributed by atoms with E-state index in [4.69, 9.17) is 4.74 Å². The molecular weight excluding hydrogens is 304 g/mol. The number of nitrogens with one attached hydrogen (secondary N) is 1. The van der Waals surface area contributed by atoms with Crippen molar-refractivity contribution in [2.75, 3.05) is 13.2 Å². The van der Waals surface area contributed by atoms with E-state index >= 15 is 0 Å². The molecule has 3 aliphatic rings. The number of hydrogen-bond donors (Lipinski definition) is 2. The Hall–Kier alpha value is -0.810. The van der Waals surface area contributed by atoms with E-state index < -0.39 is 0 Å². The minimum absolute atomic E-state index is 0.0893. The molecule has 138 valence electrons. The lowest BCUT2D eigenvalue weighted by molar-refractivity contribution is 0.0577. The SMILES string of the molecule is CC1CCC(N(CC2CCCO2)C(=O)NC2CCC(O)CC2)CC1. The Morgan fingerprint density at radius 2 is 1.79 bits per heavy atom. The van der Waals surface area contributed by atoms with Crippen LogP contribution in [0.25, 0.3) is 0 Å². The minimum Gasteiger partial charge on any atom is -0.393 e. The van der Waals surface area contributed by atoms with Crippen molar-refractivity contribution in [3.8, 4) is 0 Å². The quantitative estimate of drug-likeness (QED) is 0.828. The van der Waals surface area contributed by atoms with Crippen molar-refractivity contribution in [2.45, 2.75) is 95.4 Å². The largest absolute Gasteiger partial charge is 0.393 e. The highest BCUT2D eigenvalue weighted by Crippen LogP contribution is 2.29. The third-order valence-corrected chi connectivity index (χ3v) is 6.14. The molecule has 0 bridgehead atoms. The molecule has 0 spiro atoms. The van der Waals surface area contributed by atoms with Crippen molar-refractivity contribution < 1.29 is 14.6 Å². The zero-order valence-electron chi connectivity index (χ0n) is 15.1. The van der Waals surface area contributed by atoms with E-state index in [0.717, 1.165) is 70.4 Å². The van der Waals surface area contributed by atoms with Crippen molar-refractivity contribution in [3.05, 3.63) is 0 Å². The second-order valence-corrected chi connectivity index (χ2v) is 8.16. The monoisotopic (exact) mass is 338 g/mol. The molecule has 3 fully saturated rings. The van der Waals surface area contributed by atoms with Gasteiger partial charge in [0.1, 0.15) is 0 Å². The molecule has 0 radical (unpaired) electrons. The minimum atomic E-state index is -0.180. The average molecular weight is 338 g/mol. The number of urea groups is 1. The summed E-state index contributed by atoms with van der Waals surface area (Å²) in [4.78, 5) is 15.0. The van der Waals surface area contributed by atoms with Gasteiger partial charge in [-0.05, 0) is 70.1 Å². The molecule has 5 heteroatoms. The van der Waals surface area contributed by atoms with Gasteiger partial charge in [0.2, 0.25) is 0 Å². The number of carbonyl (C=O) groups is 1. The van der Waals surface area contributed by atoms with Gasteiger partial charge in [-0.2, -0.15) is 0 Å². The Morgan fingerprint density at radius 1 is 1.08 bits per heavy atom. The van der Waals surface area contributed by atoms with Crippen LogP contribution in [0.3, 0.4) is 0 Å². The maximum atomic E-state index is 13.0. The second-order valence-electron chi connectivity index (χ2n) is 8.16. The fourth-order valence-electron chi connectivity index (χ4n) is 4.44. The summed E-state index contributed by atoms with van der Waals surface area (Å²) in [6, 6.07) is 0.668. The van der Waals surface area contributed by atoms with Gasteiger partial charge in [-0.3, -0.25) is 0 Å². The standard InChI is InChI=1S/C19H34N2O3/c1-14-4-8-16(9-5-14)21(13-18-3-2-12-24-18)19(23)20-15-6-10-17(22)11-7-15/h14-18,22H,2-13H2,1H3,(H,20,23). The van der Waals surface area contributed by atoms with Crippen LogP contribution in [0.5, 0.6) is 0 Å². The Bertz CT molecular complexity index is 395. The van der Waals surface area contributed by atoms with Gasteiger partial charge < -0.3 is 20.1 Å². The van der Waals surface area contributed by atoms with Gasteiger partial charge in [0.15, 0.2) is 0 Å². The fraction of sp³-hybridized carbons (Fsp3) is 0.947. The highest BCUT2D eigenvalue weighted by atomic mass is 16.5. The topological polar surface area (TPSA) is 61.8 Å². The smallest absolute Gasteiger partial charge is 0.317 e. The predicted octanol–water partition coefficient (Wildman–Crippen LogP) is 3.06. The van der Waals surface area contributed by atoms with Gasteiger partial charge in [0, 0.05) is 25.2 Å². The Kier molecular flexibility index (Phi) is 6.39. The van der Waals surface area contributed by atoms with E-state index in [2.05, 4.69) is 17.1 Å². The molecular formula is C19H34N2O3. The van der Waals surface area contributed by atoms with Gasteiger partial charge in [-0.25, -0.2) is 4.79 Å². The molecule has 2 N–H and O–H groups in total. The molecule has 0 aromatic rings. The molecule has 0 aromatic heterocycles. The van der Waals surface area contributed by atoms with Crippen LogP contribution in [-0.4, -0.2) is 53.5 Å². The Labute approximate surface area is 146 Å². The molecule has 1 aliphatic heterocycles. The molecule has 1 heterocycles. The summed E-state index contributed by atoms with van der Waals surface area (Å²) in [5.74, 6) is 0.786. The van der Waals surface area contributed by atoms with E-state index in [1.165, 1.54) is 12.8 Å². The lowest BCUT2D eigenvalue weighted by atomic mass is 9.86. The summed E-state index contributed by atoms with van der Waals surface area (Å²) in [5.41, 5.74) is 0. The van der Waals surface area contributed by atoms with Gasteiger partial charge in [-0.1, -0.05) is 6.92 Å². The molecule has 2 aliphatic carbocycles. The number of nitrogens with zero attached hydrogens (tertiary/aromatic N) is 1. The first-order valence-corrected chi connectivity index (χ1v) is 9.98. The Morgan fingerprint density at radius 3 is 2.42 bits per heavy atom. The summed E-state index contributed by atoms with van der Waals surface area (Å²) >= 11 is 0. The predicted molar refractivity (Wildman–Crippen MR) is 93.9 cm³/mol. The van der Waals surface area contributed by atoms with E-state index in [1.807, 2.05) is 0 Å². The van der Waals surface area contributed by atoms with Crippen molar-refractivity contribution in [3.63, 3.8) is 0 Å². The molecule has 3 rings (SSSR count). The van der Waals surface area contributed by atoms with Crippen LogP contribution >= 0.6 is 0 Å². The normalized spacial score (nSPS) is 37.2. The lowest BCUT2D eigenvalue weighted by Gasteiger charge is -2.38. The maximum absolute atomic E-state index is 13.0. The van der Waals surface area contributed by atoms with Gasteiger partial charge >= 0.3 is 6.03 Å². The zero-order chi connectivity index (χ0) is 16.9. The summed E-state index contributed by atoms with van der Waals surface area (Å²) in [7, 11) is 0. The van der Waals surface area contributed by atoms with Crippen LogP contribution in [0.2, 0.25) is 0 Å². The summed E-state index contributed by atoms with van der Waals surface area (Å²) < 4.78 is 5.79. The maximum Gasteiger partial charge on any atom is 0.317 e. The van der Waals surface area contributed by atoms with Crippen LogP contribution in [0.15, 0.2) is 0 Å². The van der Waals surface area contributed by atoms with E-state index in [0.29, 0.717) is 6.04 Å². The van der Waals surface area contributed by atoms with Crippen LogP contribution < -0.4 is 5.32 Å². The fourth-order valence-corrected chi connectivity index (χ4v) is 4.44. The van der Waals surface area contributed by atoms with Gasteiger partial charge in [0.05, 0.1) is 12.2 Å². The zero-order valence-corrected chi connectivity index (χ0v) is 15.1. The summed E-state index contributed by atoms with van der Waals surface area (Å²) in [6.07, 6.45) is 10.3.